The molecule has 0 amide bonds. The van der Waals surface area contributed by atoms with Crippen molar-refractivity contribution in [3.63, 3.8) is 0 Å². The van der Waals surface area contributed by atoms with Gasteiger partial charge in [-0.1, -0.05) is 22.0 Å². The topological polar surface area (TPSA) is 46.2 Å². The van der Waals surface area contributed by atoms with Gasteiger partial charge in [0.15, 0.2) is 0 Å². The van der Waals surface area contributed by atoms with Gasteiger partial charge in [0.25, 0.3) is 0 Å². The number of nitrogens with one attached hydrogen (secondary N) is 1. The first-order chi connectivity index (χ1) is 7.97. The van der Waals surface area contributed by atoms with Crippen LogP contribution in [0.25, 0.3) is 0 Å². The average Bonchev–Trinajstić information content (AvgIpc) is 2.23. The number of halogens is 2. The summed E-state index contributed by atoms with van der Waals surface area (Å²) in [6.07, 6.45) is 1.78. The molecule has 0 bridgehead atoms. The van der Waals surface area contributed by atoms with Crippen LogP contribution in [0.3, 0.4) is 0 Å². The second kappa shape index (κ2) is 5.26. The van der Waals surface area contributed by atoms with Crippen LogP contribution >= 0.6 is 27.5 Å². The Morgan fingerprint density at radius 3 is 2.71 bits per heavy atom. The molecule has 1 aliphatic rings. The van der Waals surface area contributed by atoms with Crippen molar-refractivity contribution < 1.29 is 8.42 Å². The number of hydrogen-bond acceptors (Lipinski definition) is 2. The van der Waals surface area contributed by atoms with Crippen molar-refractivity contribution in [2.45, 2.75) is 23.1 Å². The first-order valence-electron chi connectivity index (χ1n) is 5.36. The summed E-state index contributed by atoms with van der Waals surface area (Å²) < 4.78 is 27.3. The van der Waals surface area contributed by atoms with Crippen molar-refractivity contribution in [3.8, 4) is 0 Å². The molecule has 0 radical (unpaired) electrons. The second-order valence-electron chi connectivity index (χ2n) is 4.24. The molecule has 1 aromatic rings. The molecule has 0 aliphatic heterocycles. The maximum Gasteiger partial charge on any atom is 0.240 e. The molecule has 1 fully saturated rings. The summed E-state index contributed by atoms with van der Waals surface area (Å²) in [7, 11) is -3.39. The fourth-order valence-electron chi connectivity index (χ4n) is 1.77. The van der Waals surface area contributed by atoms with Gasteiger partial charge in [0, 0.05) is 16.4 Å². The number of sulfonamides is 1. The van der Waals surface area contributed by atoms with Gasteiger partial charge < -0.3 is 0 Å². The average molecular weight is 339 g/mol. The molecule has 1 saturated carbocycles. The molecule has 17 heavy (non-hydrogen) atoms. The monoisotopic (exact) mass is 337 g/mol. The molecular weight excluding hydrogens is 326 g/mol. The molecule has 0 atom stereocenters. The molecule has 0 heterocycles. The number of hydrogen-bond donors (Lipinski definition) is 1. The minimum absolute atomic E-state index is 0.218. The summed E-state index contributed by atoms with van der Waals surface area (Å²) in [5.74, 6) is 0.374. The zero-order valence-electron chi connectivity index (χ0n) is 9.07. The summed E-state index contributed by atoms with van der Waals surface area (Å²) in [6.45, 7) is 0.470. The predicted octanol–water partition coefficient (Wildman–Crippen LogP) is 2.74. The SMILES string of the molecule is O=S(=O)(NCC1CC(Cl)C1)c1cccc(Br)c1. The van der Waals surface area contributed by atoms with Crippen molar-refractivity contribution in [1.82, 2.24) is 4.72 Å². The highest BCUT2D eigenvalue weighted by atomic mass is 79.9. The van der Waals surface area contributed by atoms with Crippen LogP contribution in [0, 0.1) is 5.92 Å². The third-order valence-corrected chi connectivity index (χ3v) is 5.12. The largest absolute Gasteiger partial charge is 0.240 e. The van der Waals surface area contributed by atoms with Crippen molar-refractivity contribution in [2.75, 3.05) is 6.54 Å². The van der Waals surface area contributed by atoms with Crippen LogP contribution in [-0.4, -0.2) is 20.3 Å². The number of rotatable bonds is 4. The predicted molar refractivity (Wildman–Crippen MR) is 71.7 cm³/mol. The van der Waals surface area contributed by atoms with Gasteiger partial charge in [-0.2, -0.15) is 0 Å². The van der Waals surface area contributed by atoms with E-state index in [2.05, 4.69) is 20.7 Å². The van der Waals surface area contributed by atoms with Gasteiger partial charge in [-0.25, -0.2) is 13.1 Å². The lowest BCUT2D eigenvalue weighted by Crippen LogP contribution is -2.36. The van der Waals surface area contributed by atoms with Gasteiger partial charge in [-0.3, -0.25) is 0 Å². The van der Waals surface area contributed by atoms with Crippen LogP contribution in [0.5, 0.6) is 0 Å². The summed E-state index contributed by atoms with van der Waals surface area (Å²) in [5, 5.41) is 0.218. The Hall–Kier alpha value is -0.100. The quantitative estimate of drug-likeness (QED) is 0.858. The second-order valence-corrected chi connectivity index (χ2v) is 7.54. The smallest absolute Gasteiger partial charge is 0.211 e. The van der Waals surface area contributed by atoms with E-state index in [4.69, 9.17) is 11.6 Å². The Labute approximate surface area is 115 Å². The fraction of sp³-hybridized carbons (Fsp3) is 0.455. The van der Waals surface area contributed by atoms with E-state index in [9.17, 15) is 8.42 Å². The molecule has 1 aliphatic carbocycles. The summed E-state index contributed by atoms with van der Waals surface area (Å²) in [5.41, 5.74) is 0. The van der Waals surface area contributed by atoms with Gasteiger partial charge in [-0.15, -0.1) is 11.6 Å². The van der Waals surface area contributed by atoms with Gasteiger partial charge in [-0.05, 0) is 37.0 Å². The highest BCUT2D eigenvalue weighted by molar-refractivity contribution is 9.10. The van der Waals surface area contributed by atoms with Crippen LogP contribution in [0.1, 0.15) is 12.8 Å². The Morgan fingerprint density at radius 1 is 1.41 bits per heavy atom. The highest BCUT2D eigenvalue weighted by Gasteiger charge is 2.28. The summed E-state index contributed by atoms with van der Waals surface area (Å²) in [4.78, 5) is 0.286. The summed E-state index contributed by atoms with van der Waals surface area (Å²) >= 11 is 9.11. The molecule has 0 aromatic heterocycles. The molecule has 0 unspecified atom stereocenters. The third kappa shape index (κ3) is 3.44. The van der Waals surface area contributed by atoms with E-state index >= 15 is 0 Å². The first kappa shape index (κ1) is 13.3. The van der Waals surface area contributed by atoms with Gasteiger partial charge in [0.1, 0.15) is 0 Å². The Morgan fingerprint density at radius 2 is 2.12 bits per heavy atom. The van der Waals surface area contributed by atoms with E-state index in [1.54, 1.807) is 24.3 Å². The zero-order valence-corrected chi connectivity index (χ0v) is 12.2. The highest BCUT2D eigenvalue weighted by Crippen LogP contribution is 2.31. The minimum Gasteiger partial charge on any atom is -0.211 e. The van der Waals surface area contributed by atoms with Crippen LogP contribution in [-0.2, 0) is 10.0 Å². The van der Waals surface area contributed by atoms with Gasteiger partial charge >= 0.3 is 0 Å². The molecule has 3 nitrogen and oxygen atoms in total. The lowest BCUT2D eigenvalue weighted by molar-refractivity contribution is 0.324. The van der Waals surface area contributed by atoms with Crippen molar-refractivity contribution in [2.24, 2.45) is 5.92 Å². The fourth-order valence-corrected chi connectivity index (χ4v) is 3.98. The Kier molecular flexibility index (Phi) is 4.13. The minimum atomic E-state index is -3.39. The van der Waals surface area contributed by atoms with E-state index in [0.717, 1.165) is 17.3 Å². The van der Waals surface area contributed by atoms with E-state index in [0.29, 0.717) is 12.5 Å². The van der Waals surface area contributed by atoms with Crippen LogP contribution in [0.15, 0.2) is 33.6 Å². The van der Waals surface area contributed by atoms with Crippen LogP contribution in [0.2, 0.25) is 0 Å². The standard InChI is InChI=1S/C11H13BrClNO2S/c12-9-2-1-3-11(6-9)17(15,16)14-7-8-4-10(13)5-8/h1-3,6,8,10,14H,4-5,7H2. The lowest BCUT2D eigenvalue weighted by Gasteiger charge is -2.30. The van der Waals surface area contributed by atoms with E-state index in [1.165, 1.54) is 0 Å². The van der Waals surface area contributed by atoms with Gasteiger partial charge in [0.2, 0.25) is 10.0 Å². The molecule has 1 aromatic carbocycles. The van der Waals surface area contributed by atoms with E-state index in [1.807, 2.05) is 0 Å². The molecule has 94 valence electrons. The molecule has 2 rings (SSSR count). The van der Waals surface area contributed by atoms with Crippen LogP contribution in [0.4, 0.5) is 0 Å². The zero-order chi connectivity index (χ0) is 12.5. The van der Waals surface area contributed by atoms with Crippen LogP contribution < -0.4 is 4.72 Å². The van der Waals surface area contributed by atoms with Gasteiger partial charge in [0.05, 0.1) is 4.90 Å². The molecular formula is C11H13BrClNO2S. The maximum atomic E-state index is 11.9. The van der Waals surface area contributed by atoms with Crippen molar-refractivity contribution in [3.05, 3.63) is 28.7 Å². The summed E-state index contributed by atoms with van der Waals surface area (Å²) in [6, 6.07) is 6.67. The first-order valence-corrected chi connectivity index (χ1v) is 8.08. The molecule has 0 spiro atoms. The molecule has 0 saturated heterocycles. The normalized spacial score (nSPS) is 24.4. The molecule has 1 N–H and O–H groups in total. The lowest BCUT2D eigenvalue weighted by atomic mass is 9.85. The third-order valence-electron chi connectivity index (χ3n) is 2.85. The van der Waals surface area contributed by atoms with Crippen molar-refractivity contribution >= 4 is 37.6 Å². The Balaban J connectivity index is 1.99. The van der Waals surface area contributed by atoms with E-state index < -0.39 is 10.0 Å². The molecule has 6 heteroatoms. The number of benzene rings is 1. The Bertz CT molecular complexity index is 500. The van der Waals surface area contributed by atoms with Crippen molar-refractivity contribution in [1.29, 1.82) is 0 Å². The van der Waals surface area contributed by atoms with E-state index in [-0.39, 0.29) is 10.3 Å². The number of alkyl halides is 1. The maximum absolute atomic E-state index is 11.9.